The number of halogens is 1. The maximum absolute atomic E-state index is 13.0. The lowest BCUT2D eigenvalue weighted by Crippen LogP contribution is -2.30. The Bertz CT molecular complexity index is 1020. The molecule has 0 bridgehead atoms. The van der Waals surface area contributed by atoms with Crippen LogP contribution in [-0.2, 0) is 20.7 Å². The van der Waals surface area contributed by atoms with Crippen LogP contribution in [0, 0.1) is 5.82 Å². The second kappa shape index (κ2) is 9.64. The minimum absolute atomic E-state index is 0.0443. The van der Waals surface area contributed by atoms with Gasteiger partial charge < -0.3 is 19.3 Å². The number of benzene rings is 2. The van der Waals surface area contributed by atoms with Crippen molar-refractivity contribution >= 4 is 17.6 Å². The van der Waals surface area contributed by atoms with Gasteiger partial charge in [-0.3, -0.25) is 9.59 Å². The first kappa shape index (κ1) is 21.0. The van der Waals surface area contributed by atoms with E-state index in [9.17, 15) is 14.0 Å². The van der Waals surface area contributed by atoms with E-state index in [0.717, 1.165) is 0 Å². The number of aromatic nitrogens is 2. The zero-order valence-corrected chi connectivity index (χ0v) is 16.4. The third-order valence-electron chi connectivity index (χ3n) is 4.16. The van der Waals surface area contributed by atoms with Crippen LogP contribution >= 0.6 is 0 Å². The summed E-state index contributed by atoms with van der Waals surface area (Å²) in [6, 6.07) is 12.5. The van der Waals surface area contributed by atoms with Crippen molar-refractivity contribution < 1.29 is 28.0 Å². The van der Waals surface area contributed by atoms with Crippen molar-refractivity contribution in [3.63, 3.8) is 0 Å². The largest absolute Gasteiger partial charge is 0.495 e. The third-order valence-corrected chi connectivity index (χ3v) is 4.16. The van der Waals surface area contributed by atoms with Crippen molar-refractivity contribution in [1.29, 1.82) is 0 Å². The second-order valence-corrected chi connectivity index (χ2v) is 6.34. The monoisotopic (exact) mass is 413 g/mol. The van der Waals surface area contributed by atoms with Gasteiger partial charge in [0.1, 0.15) is 11.6 Å². The summed E-state index contributed by atoms with van der Waals surface area (Å²) in [4.78, 5) is 28.5. The van der Waals surface area contributed by atoms with Crippen LogP contribution in [0.4, 0.5) is 10.1 Å². The number of carbonyl (C=O) groups excluding carboxylic acids is 2. The summed E-state index contributed by atoms with van der Waals surface area (Å²) in [5.41, 5.74) is 1.07. The third kappa shape index (κ3) is 5.40. The molecule has 9 heteroatoms. The normalized spacial score (nSPS) is 11.6. The molecule has 1 amide bonds. The number of methoxy groups -OCH3 is 1. The molecule has 0 aliphatic rings. The highest BCUT2D eigenvalue weighted by Crippen LogP contribution is 2.23. The summed E-state index contributed by atoms with van der Waals surface area (Å²) >= 11 is 0. The molecule has 0 aliphatic carbocycles. The summed E-state index contributed by atoms with van der Waals surface area (Å²) in [7, 11) is 1.49. The highest BCUT2D eigenvalue weighted by atomic mass is 19.1. The van der Waals surface area contributed by atoms with E-state index in [4.69, 9.17) is 14.0 Å². The fourth-order valence-corrected chi connectivity index (χ4v) is 2.57. The molecular formula is C21H20FN3O5. The van der Waals surface area contributed by atoms with E-state index in [-0.39, 0.29) is 24.5 Å². The highest BCUT2D eigenvalue weighted by Gasteiger charge is 2.20. The van der Waals surface area contributed by atoms with Gasteiger partial charge in [-0.1, -0.05) is 17.3 Å². The van der Waals surface area contributed by atoms with Crippen LogP contribution in [0.3, 0.4) is 0 Å². The fraction of sp³-hybridized carbons (Fsp3) is 0.238. The molecule has 0 saturated heterocycles. The van der Waals surface area contributed by atoms with Crippen molar-refractivity contribution in [2.75, 3.05) is 12.4 Å². The van der Waals surface area contributed by atoms with E-state index in [1.807, 2.05) is 0 Å². The molecule has 0 radical (unpaired) electrons. The molecule has 1 aromatic heterocycles. The highest BCUT2D eigenvalue weighted by molar-refractivity contribution is 5.96. The number of rotatable bonds is 8. The van der Waals surface area contributed by atoms with Crippen molar-refractivity contribution in [2.24, 2.45) is 0 Å². The van der Waals surface area contributed by atoms with Gasteiger partial charge in [0.25, 0.3) is 5.91 Å². The number of nitrogens with one attached hydrogen (secondary N) is 1. The van der Waals surface area contributed by atoms with Crippen LogP contribution in [-0.4, -0.2) is 35.2 Å². The lowest BCUT2D eigenvalue weighted by atomic mass is 10.2. The first-order valence-electron chi connectivity index (χ1n) is 9.18. The quantitative estimate of drug-likeness (QED) is 0.565. The molecule has 1 heterocycles. The zero-order valence-electron chi connectivity index (χ0n) is 16.4. The zero-order chi connectivity index (χ0) is 21.5. The van der Waals surface area contributed by atoms with Gasteiger partial charge in [0.2, 0.25) is 11.7 Å². The topological polar surface area (TPSA) is 104 Å². The van der Waals surface area contributed by atoms with Crippen LogP contribution in [0.1, 0.15) is 19.2 Å². The molecule has 1 atom stereocenters. The molecule has 1 N–H and O–H groups in total. The number of hydrogen-bond donors (Lipinski definition) is 1. The molecule has 2 aromatic carbocycles. The average Bonchev–Trinajstić information content (AvgIpc) is 3.22. The van der Waals surface area contributed by atoms with Gasteiger partial charge in [-0.05, 0) is 43.3 Å². The van der Waals surface area contributed by atoms with Crippen LogP contribution in [0.25, 0.3) is 11.4 Å². The van der Waals surface area contributed by atoms with E-state index < -0.39 is 18.0 Å². The Morgan fingerprint density at radius 3 is 2.63 bits per heavy atom. The Labute approximate surface area is 172 Å². The van der Waals surface area contributed by atoms with Crippen LogP contribution in [0.15, 0.2) is 53.1 Å². The Balaban J connectivity index is 1.49. The molecule has 0 aliphatic heterocycles. The number of carbonyl (C=O) groups is 2. The predicted molar refractivity (Wildman–Crippen MR) is 105 cm³/mol. The maximum Gasteiger partial charge on any atom is 0.307 e. The second-order valence-electron chi connectivity index (χ2n) is 6.34. The number of esters is 1. The molecule has 8 nitrogen and oxygen atoms in total. The minimum atomic E-state index is -1.00. The summed E-state index contributed by atoms with van der Waals surface area (Å²) < 4.78 is 28.4. The minimum Gasteiger partial charge on any atom is -0.495 e. The summed E-state index contributed by atoms with van der Waals surface area (Å²) in [5.74, 6) is -0.407. The van der Waals surface area contributed by atoms with Gasteiger partial charge in [0.15, 0.2) is 6.10 Å². The van der Waals surface area contributed by atoms with Crippen LogP contribution in [0.2, 0.25) is 0 Å². The standard InChI is InChI=1S/C21H20FN3O5/c1-13(21(27)23-16-5-3-4-6-17(16)28-2)29-19(26)12-11-18-24-20(25-30-18)14-7-9-15(22)10-8-14/h3-10,13H,11-12H2,1-2H3,(H,23,27). The number of ether oxygens (including phenoxy) is 2. The smallest absolute Gasteiger partial charge is 0.307 e. The number of anilines is 1. The average molecular weight is 413 g/mol. The van der Waals surface area contributed by atoms with Gasteiger partial charge in [-0.2, -0.15) is 4.98 Å². The number of para-hydroxylation sites is 2. The Morgan fingerprint density at radius 1 is 1.17 bits per heavy atom. The van der Waals surface area contributed by atoms with E-state index in [2.05, 4.69) is 15.5 Å². The number of aryl methyl sites for hydroxylation is 1. The van der Waals surface area contributed by atoms with Crippen molar-refractivity contribution in [3.05, 3.63) is 60.2 Å². The summed E-state index contributed by atoms with van der Waals surface area (Å²) in [5, 5.41) is 6.47. The number of hydrogen-bond acceptors (Lipinski definition) is 7. The Kier molecular flexibility index (Phi) is 6.74. The van der Waals surface area contributed by atoms with Crippen molar-refractivity contribution in [1.82, 2.24) is 10.1 Å². The Morgan fingerprint density at radius 2 is 1.90 bits per heavy atom. The van der Waals surface area contributed by atoms with Gasteiger partial charge in [0, 0.05) is 12.0 Å². The van der Waals surface area contributed by atoms with Gasteiger partial charge in [0.05, 0.1) is 19.2 Å². The molecule has 156 valence electrons. The summed E-state index contributed by atoms with van der Waals surface area (Å²) in [6.45, 7) is 1.47. The number of amides is 1. The summed E-state index contributed by atoms with van der Waals surface area (Å²) in [6.07, 6.45) is -0.898. The maximum atomic E-state index is 13.0. The van der Waals surface area contributed by atoms with Crippen molar-refractivity contribution in [3.8, 4) is 17.1 Å². The van der Waals surface area contributed by atoms with E-state index in [0.29, 0.717) is 22.8 Å². The lowest BCUT2D eigenvalue weighted by Gasteiger charge is -2.14. The number of nitrogens with zero attached hydrogens (tertiary/aromatic N) is 2. The predicted octanol–water partition coefficient (Wildman–Crippen LogP) is 3.39. The van der Waals surface area contributed by atoms with Crippen LogP contribution in [0.5, 0.6) is 5.75 Å². The SMILES string of the molecule is COc1ccccc1NC(=O)C(C)OC(=O)CCc1nc(-c2ccc(F)cc2)no1. The Hall–Kier alpha value is -3.75. The molecule has 0 saturated carbocycles. The van der Waals surface area contributed by atoms with Gasteiger partial charge in [-0.25, -0.2) is 4.39 Å². The lowest BCUT2D eigenvalue weighted by molar-refractivity contribution is -0.153. The van der Waals surface area contributed by atoms with E-state index in [1.165, 1.54) is 38.3 Å². The van der Waals surface area contributed by atoms with Crippen LogP contribution < -0.4 is 10.1 Å². The molecule has 30 heavy (non-hydrogen) atoms. The first-order chi connectivity index (χ1) is 14.5. The van der Waals surface area contributed by atoms with E-state index >= 15 is 0 Å². The first-order valence-corrected chi connectivity index (χ1v) is 9.18. The van der Waals surface area contributed by atoms with Gasteiger partial charge in [-0.15, -0.1) is 0 Å². The molecular weight excluding hydrogens is 393 g/mol. The molecule has 3 aromatic rings. The fourth-order valence-electron chi connectivity index (χ4n) is 2.57. The van der Waals surface area contributed by atoms with E-state index in [1.54, 1.807) is 24.3 Å². The van der Waals surface area contributed by atoms with Crippen molar-refractivity contribution in [2.45, 2.75) is 25.9 Å². The molecule has 0 fully saturated rings. The molecule has 1 unspecified atom stereocenters. The van der Waals surface area contributed by atoms with Gasteiger partial charge >= 0.3 is 5.97 Å². The molecule has 3 rings (SSSR count). The molecule has 0 spiro atoms.